The monoisotopic (exact) mass is 290 g/mol. The van der Waals surface area contributed by atoms with Crippen LogP contribution in [0, 0.1) is 18.3 Å². The van der Waals surface area contributed by atoms with Crippen molar-refractivity contribution < 1.29 is 0 Å². The van der Waals surface area contributed by atoms with E-state index >= 15 is 0 Å². The lowest BCUT2D eigenvalue weighted by Gasteiger charge is -2.39. The Labute approximate surface area is 129 Å². The van der Waals surface area contributed by atoms with Crippen molar-refractivity contribution in [3.05, 3.63) is 11.9 Å². The first kappa shape index (κ1) is 16.1. The van der Waals surface area contributed by atoms with Gasteiger partial charge in [-0.1, -0.05) is 27.7 Å². The summed E-state index contributed by atoms with van der Waals surface area (Å²) in [4.78, 5) is 11.3. The lowest BCUT2D eigenvalue weighted by molar-refractivity contribution is 0.198. The Morgan fingerprint density at radius 3 is 2.48 bits per heavy atom. The van der Waals surface area contributed by atoms with Gasteiger partial charge in [0.15, 0.2) is 0 Å². The van der Waals surface area contributed by atoms with E-state index in [0.717, 1.165) is 43.6 Å². The van der Waals surface area contributed by atoms with Crippen LogP contribution in [0.3, 0.4) is 0 Å². The van der Waals surface area contributed by atoms with Crippen LogP contribution in [-0.4, -0.2) is 29.6 Å². The molecule has 0 radical (unpaired) electrons. The number of hydrogen-bond donors (Lipinski definition) is 1. The van der Waals surface area contributed by atoms with E-state index in [1.54, 1.807) is 6.33 Å². The highest BCUT2D eigenvalue weighted by molar-refractivity contribution is 5.58. The fraction of sp³-hybridized carbons (Fsp3) is 0.765. The summed E-state index contributed by atoms with van der Waals surface area (Å²) in [6, 6.07) is 0. The Morgan fingerprint density at radius 1 is 1.24 bits per heavy atom. The molecular formula is C17H30N4. The van der Waals surface area contributed by atoms with Gasteiger partial charge < -0.3 is 10.2 Å². The number of hydrogen-bond acceptors (Lipinski definition) is 4. The Hall–Kier alpha value is -1.32. The lowest BCUT2D eigenvalue weighted by atomic mass is 9.75. The van der Waals surface area contributed by atoms with Crippen molar-refractivity contribution in [3.63, 3.8) is 0 Å². The van der Waals surface area contributed by atoms with Crippen molar-refractivity contribution >= 4 is 11.6 Å². The normalized spacial score (nSPS) is 17.1. The second-order valence-corrected chi connectivity index (χ2v) is 7.23. The fourth-order valence-electron chi connectivity index (χ4n) is 3.14. The van der Waals surface area contributed by atoms with Crippen LogP contribution in [0.25, 0.3) is 0 Å². The van der Waals surface area contributed by atoms with Crippen LogP contribution in [0.15, 0.2) is 6.33 Å². The molecule has 1 aliphatic rings. The van der Waals surface area contributed by atoms with E-state index in [4.69, 9.17) is 0 Å². The van der Waals surface area contributed by atoms with E-state index in [9.17, 15) is 0 Å². The third kappa shape index (κ3) is 3.86. The standard InChI is InChI=1S/C17H30N4/c1-6-9-18-15-13(2)16(20-12-19-15)21-10-7-14(8-11-21)17(3,4)5/h12,14H,6-11H2,1-5H3,(H,18,19,20). The Bertz CT molecular complexity index is 456. The smallest absolute Gasteiger partial charge is 0.137 e. The molecule has 1 N–H and O–H groups in total. The number of rotatable bonds is 4. The molecule has 0 aliphatic carbocycles. The van der Waals surface area contributed by atoms with Gasteiger partial charge in [0.2, 0.25) is 0 Å². The summed E-state index contributed by atoms with van der Waals surface area (Å²) in [7, 11) is 0. The highest BCUT2D eigenvalue weighted by atomic mass is 15.2. The van der Waals surface area contributed by atoms with E-state index in [1.165, 1.54) is 18.4 Å². The molecule has 1 aromatic heterocycles. The van der Waals surface area contributed by atoms with Crippen LogP contribution in [0.1, 0.15) is 52.5 Å². The van der Waals surface area contributed by atoms with Gasteiger partial charge in [0.05, 0.1) is 0 Å². The van der Waals surface area contributed by atoms with E-state index in [2.05, 4.69) is 54.8 Å². The van der Waals surface area contributed by atoms with Gasteiger partial charge >= 0.3 is 0 Å². The SMILES string of the molecule is CCCNc1ncnc(N2CCC(C(C)(C)C)CC2)c1C. The summed E-state index contributed by atoms with van der Waals surface area (Å²) >= 11 is 0. The van der Waals surface area contributed by atoms with Gasteiger partial charge in [-0.05, 0) is 37.5 Å². The van der Waals surface area contributed by atoms with Crippen LogP contribution >= 0.6 is 0 Å². The van der Waals surface area contributed by atoms with Crippen molar-refractivity contribution in [2.45, 2.75) is 53.9 Å². The largest absolute Gasteiger partial charge is 0.370 e. The Morgan fingerprint density at radius 2 is 1.90 bits per heavy atom. The van der Waals surface area contributed by atoms with Gasteiger partial charge in [0, 0.05) is 25.2 Å². The summed E-state index contributed by atoms with van der Waals surface area (Å²) in [5.74, 6) is 2.91. The molecule has 0 saturated carbocycles. The Balaban J connectivity index is 2.06. The van der Waals surface area contributed by atoms with E-state index in [0.29, 0.717) is 5.41 Å². The van der Waals surface area contributed by atoms with Crippen molar-refractivity contribution in [3.8, 4) is 0 Å². The van der Waals surface area contributed by atoms with Gasteiger partial charge in [0.1, 0.15) is 18.0 Å². The lowest BCUT2D eigenvalue weighted by Crippen LogP contribution is -2.38. The molecule has 2 heterocycles. The number of piperidine rings is 1. The zero-order valence-electron chi connectivity index (χ0n) is 14.2. The molecule has 1 fully saturated rings. The zero-order chi connectivity index (χ0) is 15.5. The molecule has 0 spiro atoms. The van der Waals surface area contributed by atoms with Crippen molar-refractivity contribution in [1.29, 1.82) is 0 Å². The van der Waals surface area contributed by atoms with Gasteiger partial charge in [-0.15, -0.1) is 0 Å². The molecule has 1 saturated heterocycles. The van der Waals surface area contributed by atoms with Crippen LogP contribution in [-0.2, 0) is 0 Å². The van der Waals surface area contributed by atoms with Crippen molar-refractivity contribution in [2.75, 3.05) is 29.9 Å². The highest BCUT2D eigenvalue weighted by Gasteiger charge is 2.29. The minimum atomic E-state index is 0.417. The Kier molecular flexibility index (Phi) is 5.07. The molecule has 0 unspecified atom stereocenters. The van der Waals surface area contributed by atoms with Crippen LogP contribution in [0.4, 0.5) is 11.6 Å². The third-order valence-electron chi connectivity index (χ3n) is 4.62. The van der Waals surface area contributed by atoms with Crippen molar-refractivity contribution in [1.82, 2.24) is 9.97 Å². The fourth-order valence-corrected chi connectivity index (χ4v) is 3.14. The topological polar surface area (TPSA) is 41.1 Å². The van der Waals surface area contributed by atoms with Gasteiger partial charge in [-0.2, -0.15) is 0 Å². The van der Waals surface area contributed by atoms with Crippen LogP contribution in [0.2, 0.25) is 0 Å². The first-order chi connectivity index (χ1) is 9.93. The molecule has 1 aromatic rings. The minimum Gasteiger partial charge on any atom is -0.370 e. The second kappa shape index (κ2) is 6.63. The van der Waals surface area contributed by atoms with Gasteiger partial charge in [-0.25, -0.2) is 9.97 Å². The molecule has 0 aromatic carbocycles. The predicted octanol–water partition coefficient (Wildman–Crippen LogP) is 3.87. The quantitative estimate of drug-likeness (QED) is 0.914. The molecule has 4 heteroatoms. The highest BCUT2D eigenvalue weighted by Crippen LogP contribution is 2.36. The summed E-state index contributed by atoms with van der Waals surface area (Å²) in [5, 5.41) is 3.40. The number of nitrogens with one attached hydrogen (secondary N) is 1. The molecule has 4 nitrogen and oxygen atoms in total. The minimum absolute atomic E-state index is 0.417. The maximum absolute atomic E-state index is 4.53. The predicted molar refractivity (Wildman–Crippen MR) is 89.9 cm³/mol. The summed E-state index contributed by atoms with van der Waals surface area (Å²) in [6.07, 6.45) is 5.31. The average molecular weight is 290 g/mol. The van der Waals surface area contributed by atoms with Gasteiger partial charge in [0.25, 0.3) is 0 Å². The third-order valence-corrected chi connectivity index (χ3v) is 4.62. The molecular weight excluding hydrogens is 260 g/mol. The molecule has 1 aliphatic heterocycles. The number of nitrogens with zero attached hydrogens (tertiary/aromatic N) is 3. The molecule has 21 heavy (non-hydrogen) atoms. The van der Waals surface area contributed by atoms with E-state index < -0.39 is 0 Å². The van der Waals surface area contributed by atoms with Crippen molar-refractivity contribution in [2.24, 2.45) is 11.3 Å². The van der Waals surface area contributed by atoms with Gasteiger partial charge in [-0.3, -0.25) is 0 Å². The maximum atomic E-state index is 4.53. The first-order valence-corrected chi connectivity index (χ1v) is 8.24. The maximum Gasteiger partial charge on any atom is 0.137 e. The number of anilines is 2. The molecule has 118 valence electrons. The summed E-state index contributed by atoms with van der Waals surface area (Å²) in [6.45, 7) is 14.5. The second-order valence-electron chi connectivity index (χ2n) is 7.23. The number of aromatic nitrogens is 2. The molecule has 0 amide bonds. The van der Waals surface area contributed by atoms with Crippen LogP contribution in [0.5, 0.6) is 0 Å². The van der Waals surface area contributed by atoms with E-state index in [1.807, 2.05) is 0 Å². The molecule has 0 bridgehead atoms. The van der Waals surface area contributed by atoms with E-state index in [-0.39, 0.29) is 0 Å². The summed E-state index contributed by atoms with van der Waals surface area (Å²) < 4.78 is 0. The first-order valence-electron chi connectivity index (χ1n) is 8.24. The summed E-state index contributed by atoms with van der Waals surface area (Å²) in [5.41, 5.74) is 1.60. The van der Waals surface area contributed by atoms with Crippen LogP contribution < -0.4 is 10.2 Å². The molecule has 0 atom stereocenters. The zero-order valence-corrected chi connectivity index (χ0v) is 14.2. The average Bonchev–Trinajstić information content (AvgIpc) is 2.45. The molecule has 2 rings (SSSR count).